The number of carbonyl (C=O) groups excluding carboxylic acids is 2. The molecule has 0 aromatic heterocycles. The van der Waals surface area contributed by atoms with E-state index < -0.39 is 28.5 Å². The molecule has 2 fully saturated rings. The molecule has 28 heavy (non-hydrogen) atoms. The van der Waals surface area contributed by atoms with E-state index in [9.17, 15) is 19.8 Å². The monoisotopic (exact) mass is 392 g/mol. The zero-order valence-electron chi connectivity index (χ0n) is 17.6. The number of ether oxygens (including phenoxy) is 2. The summed E-state index contributed by atoms with van der Waals surface area (Å²) in [5.74, 6) is -0.645. The molecule has 1 saturated heterocycles. The Morgan fingerprint density at radius 2 is 1.93 bits per heavy atom. The molecule has 1 heterocycles. The number of aliphatic hydroxyl groups is 2. The van der Waals surface area contributed by atoms with E-state index >= 15 is 0 Å². The first-order chi connectivity index (χ1) is 13.0. The van der Waals surface area contributed by atoms with Crippen molar-refractivity contribution >= 4 is 11.6 Å². The number of allylic oxidation sites excluding steroid dienone is 3. The Kier molecular flexibility index (Phi) is 5.36. The zero-order valence-corrected chi connectivity index (χ0v) is 17.6. The van der Waals surface area contributed by atoms with Crippen molar-refractivity contribution < 1.29 is 29.3 Å². The minimum Gasteiger partial charge on any atom is -0.504 e. The standard InChI is InChI=1S/C22H32O6/c1-6-27-16-11-22(26,12-28-16)10-7-14-13(2)17(24)18(25)19-20(3,4)15(23)8-9-21(14,19)5/h16,25-26H,6-12H2,1-5H3/t16?,21-,22?/m1/s1. The molecule has 156 valence electrons. The van der Waals surface area contributed by atoms with Crippen molar-refractivity contribution in [2.75, 3.05) is 13.2 Å². The van der Waals surface area contributed by atoms with Crippen LogP contribution in [-0.2, 0) is 19.1 Å². The summed E-state index contributed by atoms with van der Waals surface area (Å²) < 4.78 is 11.0. The van der Waals surface area contributed by atoms with Gasteiger partial charge in [0.15, 0.2) is 12.0 Å². The van der Waals surface area contributed by atoms with E-state index in [1.165, 1.54) is 0 Å². The number of rotatable bonds is 5. The second kappa shape index (κ2) is 7.08. The predicted molar refractivity (Wildman–Crippen MR) is 104 cm³/mol. The Labute approximate surface area is 166 Å². The van der Waals surface area contributed by atoms with Crippen LogP contribution in [0.3, 0.4) is 0 Å². The molecule has 0 amide bonds. The van der Waals surface area contributed by atoms with Crippen LogP contribution in [0.25, 0.3) is 0 Å². The van der Waals surface area contributed by atoms with Crippen LogP contribution in [0.15, 0.2) is 22.5 Å². The summed E-state index contributed by atoms with van der Waals surface area (Å²) in [6.07, 6.45) is 1.91. The van der Waals surface area contributed by atoms with Gasteiger partial charge in [-0.2, -0.15) is 0 Å². The SMILES string of the molecule is CCOC1CC(O)(CCC2=C(C)C(=O)C(O)=C3C(C)(C)C(=O)CC[C@]23C)CO1. The summed E-state index contributed by atoms with van der Waals surface area (Å²) in [4.78, 5) is 25.3. The topological polar surface area (TPSA) is 93.1 Å². The van der Waals surface area contributed by atoms with Crippen molar-refractivity contribution in [1.82, 2.24) is 0 Å². The van der Waals surface area contributed by atoms with E-state index in [0.717, 1.165) is 5.57 Å². The van der Waals surface area contributed by atoms with Gasteiger partial charge in [0.05, 0.1) is 12.2 Å². The molecule has 0 aromatic carbocycles. The lowest BCUT2D eigenvalue weighted by atomic mass is 9.53. The number of fused-ring (bicyclic) bond motifs is 1. The summed E-state index contributed by atoms with van der Waals surface area (Å²) in [5.41, 5.74) is -0.475. The summed E-state index contributed by atoms with van der Waals surface area (Å²) >= 11 is 0. The van der Waals surface area contributed by atoms with Gasteiger partial charge >= 0.3 is 0 Å². The molecule has 2 N–H and O–H groups in total. The van der Waals surface area contributed by atoms with Crippen LogP contribution in [-0.4, -0.2) is 46.9 Å². The van der Waals surface area contributed by atoms with Gasteiger partial charge in [-0.05, 0) is 52.5 Å². The molecule has 0 spiro atoms. The lowest BCUT2D eigenvalue weighted by Gasteiger charge is -2.49. The number of hydrogen-bond acceptors (Lipinski definition) is 6. The zero-order chi connectivity index (χ0) is 20.9. The van der Waals surface area contributed by atoms with Gasteiger partial charge in [-0.25, -0.2) is 0 Å². The molecule has 2 aliphatic carbocycles. The molecule has 0 aromatic rings. The number of hydrogen-bond donors (Lipinski definition) is 2. The first-order valence-electron chi connectivity index (χ1n) is 10.1. The molecule has 3 rings (SSSR count). The van der Waals surface area contributed by atoms with Gasteiger partial charge in [-0.1, -0.05) is 12.5 Å². The molecule has 1 saturated carbocycles. The second-order valence-electron chi connectivity index (χ2n) is 9.16. The van der Waals surface area contributed by atoms with Crippen molar-refractivity contribution in [2.45, 2.75) is 78.6 Å². The van der Waals surface area contributed by atoms with Gasteiger partial charge < -0.3 is 19.7 Å². The fourth-order valence-electron chi connectivity index (χ4n) is 5.30. The Bertz CT molecular complexity index is 761. The molecule has 0 bridgehead atoms. The number of Topliss-reactive ketones (excluding diaryl/α,β-unsaturated/α-hetero) is 2. The summed E-state index contributed by atoms with van der Waals surface area (Å²) in [7, 11) is 0. The molecule has 0 radical (unpaired) electrons. The third kappa shape index (κ3) is 3.25. The average molecular weight is 392 g/mol. The van der Waals surface area contributed by atoms with Crippen LogP contribution in [0.4, 0.5) is 0 Å². The Morgan fingerprint density at radius 3 is 2.57 bits per heavy atom. The molecule has 2 unspecified atom stereocenters. The maximum atomic E-state index is 12.8. The highest BCUT2D eigenvalue weighted by Gasteiger charge is 2.54. The van der Waals surface area contributed by atoms with E-state index in [2.05, 4.69) is 0 Å². The van der Waals surface area contributed by atoms with E-state index in [1.54, 1.807) is 20.8 Å². The fourth-order valence-corrected chi connectivity index (χ4v) is 5.30. The molecule has 3 atom stereocenters. The van der Waals surface area contributed by atoms with Crippen molar-refractivity contribution in [3.8, 4) is 0 Å². The maximum absolute atomic E-state index is 12.8. The molecule has 6 heteroatoms. The van der Waals surface area contributed by atoms with Crippen LogP contribution < -0.4 is 0 Å². The molecule has 1 aliphatic heterocycles. The first-order valence-corrected chi connectivity index (χ1v) is 10.1. The fraction of sp³-hybridized carbons (Fsp3) is 0.727. The smallest absolute Gasteiger partial charge is 0.223 e. The van der Waals surface area contributed by atoms with Gasteiger partial charge in [-0.3, -0.25) is 9.59 Å². The molecule has 6 nitrogen and oxygen atoms in total. The predicted octanol–water partition coefficient (Wildman–Crippen LogP) is 3.39. The van der Waals surface area contributed by atoms with E-state index in [0.29, 0.717) is 49.9 Å². The van der Waals surface area contributed by atoms with Gasteiger partial charge in [0.2, 0.25) is 5.78 Å². The van der Waals surface area contributed by atoms with E-state index in [1.807, 2.05) is 13.8 Å². The van der Waals surface area contributed by atoms with Crippen molar-refractivity contribution in [1.29, 1.82) is 0 Å². The molecular weight excluding hydrogens is 360 g/mol. The largest absolute Gasteiger partial charge is 0.504 e. The van der Waals surface area contributed by atoms with Crippen LogP contribution in [0.1, 0.15) is 66.7 Å². The van der Waals surface area contributed by atoms with Crippen LogP contribution in [0.2, 0.25) is 0 Å². The minimum absolute atomic E-state index is 0.0422. The highest BCUT2D eigenvalue weighted by molar-refractivity contribution is 6.10. The maximum Gasteiger partial charge on any atom is 0.223 e. The van der Waals surface area contributed by atoms with E-state index in [-0.39, 0.29) is 18.1 Å². The highest BCUT2D eigenvalue weighted by atomic mass is 16.7. The normalized spacial score (nSPS) is 35.6. The third-order valence-corrected chi connectivity index (χ3v) is 6.91. The number of aliphatic hydroxyl groups excluding tert-OH is 1. The van der Waals surface area contributed by atoms with Crippen LogP contribution in [0, 0.1) is 10.8 Å². The van der Waals surface area contributed by atoms with Crippen molar-refractivity contribution in [3.05, 3.63) is 22.5 Å². The van der Waals surface area contributed by atoms with Gasteiger partial charge in [0.1, 0.15) is 5.78 Å². The summed E-state index contributed by atoms with van der Waals surface area (Å²) in [6, 6.07) is 0. The van der Waals surface area contributed by atoms with Crippen molar-refractivity contribution in [2.24, 2.45) is 10.8 Å². The highest BCUT2D eigenvalue weighted by Crippen LogP contribution is 2.57. The summed E-state index contributed by atoms with van der Waals surface area (Å²) in [5, 5.41) is 21.6. The molecule has 3 aliphatic rings. The third-order valence-electron chi connectivity index (χ3n) is 6.91. The molecular formula is C22H32O6. The Balaban J connectivity index is 1.89. The first kappa shape index (κ1) is 21.2. The summed E-state index contributed by atoms with van der Waals surface area (Å²) in [6.45, 7) is 9.92. The van der Waals surface area contributed by atoms with Gasteiger partial charge in [0.25, 0.3) is 0 Å². The van der Waals surface area contributed by atoms with Gasteiger partial charge in [-0.15, -0.1) is 0 Å². The van der Waals surface area contributed by atoms with Crippen LogP contribution >= 0.6 is 0 Å². The average Bonchev–Trinajstić information content (AvgIpc) is 2.98. The lowest BCUT2D eigenvalue weighted by Crippen LogP contribution is -2.46. The minimum atomic E-state index is -1.00. The lowest BCUT2D eigenvalue weighted by molar-refractivity contribution is -0.128. The number of ketones is 2. The van der Waals surface area contributed by atoms with Gasteiger partial charge in [0, 0.05) is 35.9 Å². The quantitative estimate of drug-likeness (QED) is 0.745. The van der Waals surface area contributed by atoms with Crippen molar-refractivity contribution in [3.63, 3.8) is 0 Å². The number of carbonyl (C=O) groups is 2. The Hall–Kier alpha value is -1.50. The van der Waals surface area contributed by atoms with Crippen LogP contribution in [0.5, 0.6) is 0 Å². The Morgan fingerprint density at radius 1 is 1.25 bits per heavy atom. The van der Waals surface area contributed by atoms with E-state index in [4.69, 9.17) is 9.47 Å². The second-order valence-corrected chi connectivity index (χ2v) is 9.16.